The first-order valence-electron chi connectivity index (χ1n) is 6.00. The summed E-state index contributed by atoms with van der Waals surface area (Å²) in [6.07, 6.45) is 2.50. The van der Waals surface area contributed by atoms with Crippen LogP contribution in [0.25, 0.3) is 0 Å². The molecule has 0 aromatic carbocycles. The lowest BCUT2D eigenvalue weighted by Crippen LogP contribution is -2.23. The molecule has 0 fully saturated rings. The van der Waals surface area contributed by atoms with Gasteiger partial charge in [-0.15, -0.1) is 11.3 Å². The number of hydrogen-bond acceptors (Lipinski definition) is 5. The maximum absolute atomic E-state index is 11.9. The quantitative estimate of drug-likeness (QED) is 0.576. The Labute approximate surface area is 115 Å². The molecule has 0 atom stereocenters. The van der Waals surface area contributed by atoms with Crippen molar-refractivity contribution in [3.05, 3.63) is 45.9 Å². The van der Waals surface area contributed by atoms with Gasteiger partial charge >= 0.3 is 0 Å². The summed E-state index contributed by atoms with van der Waals surface area (Å²) < 4.78 is 0. The number of hydrogen-bond donors (Lipinski definition) is 3. The number of rotatable bonds is 5. The van der Waals surface area contributed by atoms with Crippen molar-refractivity contribution in [2.24, 2.45) is 5.84 Å². The topological polar surface area (TPSA) is 80.0 Å². The van der Waals surface area contributed by atoms with E-state index in [9.17, 15) is 4.79 Å². The molecule has 0 saturated carbocycles. The minimum Gasteiger partial charge on any atom is -0.346 e. The maximum atomic E-state index is 11.9. The summed E-state index contributed by atoms with van der Waals surface area (Å²) in [6, 6.07) is 5.44. The first-order valence-corrected chi connectivity index (χ1v) is 6.88. The van der Waals surface area contributed by atoms with Crippen LogP contribution in [0.3, 0.4) is 0 Å². The zero-order valence-corrected chi connectivity index (χ0v) is 11.5. The predicted octanol–water partition coefficient (Wildman–Crippen LogP) is 1.92. The molecule has 19 heavy (non-hydrogen) atoms. The van der Waals surface area contributed by atoms with Crippen molar-refractivity contribution >= 4 is 22.9 Å². The number of anilines is 1. The number of pyridine rings is 1. The number of aryl methyl sites for hydroxylation is 1. The Balaban J connectivity index is 1.97. The third-order valence-electron chi connectivity index (χ3n) is 2.79. The zero-order chi connectivity index (χ0) is 13.7. The van der Waals surface area contributed by atoms with E-state index in [-0.39, 0.29) is 5.91 Å². The van der Waals surface area contributed by atoms with Crippen molar-refractivity contribution in [3.8, 4) is 0 Å². The molecule has 0 radical (unpaired) electrons. The molecule has 2 rings (SSSR count). The van der Waals surface area contributed by atoms with Gasteiger partial charge in [0.05, 0.1) is 18.4 Å². The molecule has 0 unspecified atom stereocenters. The number of nitrogen functional groups attached to an aromatic ring is 1. The molecule has 100 valence electrons. The van der Waals surface area contributed by atoms with E-state index in [1.807, 2.05) is 5.38 Å². The van der Waals surface area contributed by atoms with E-state index < -0.39 is 0 Å². The van der Waals surface area contributed by atoms with Crippen LogP contribution in [-0.2, 0) is 13.0 Å². The van der Waals surface area contributed by atoms with Crippen LogP contribution in [0.5, 0.6) is 0 Å². The van der Waals surface area contributed by atoms with Crippen molar-refractivity contribution in [1.82, 2.24) is 10.3 Å². The van der Waals surface area contributed by atoms with Gasteiger partial charge in [0.25, 0.3) is 5.91 Å². The number of amides is 1. The number of nitrogens with two attached hydrogens (primary N) is 1. The molecule has 0 aliphatic carbocycles. The average molecular weight is 276 g/mol. The summed E-state index contributed by atoms with van der Waals surface area (Å²) in [5, 5.41) is 4.91. The lowest BCUT2D eigenvalue weighted by molar-refractivity contribution is 0.0946. The first-order chi connectivity index (χ1) is 9.24. The third kappa shape index (κ3) is 3.30. The van der Waals surface area contributed by atoms with Crippen LogP contribution in [0.4, 0.5) is 5.69 Å². The van der Waals surface area contributed by atoms with Crippen LogP contribution in [0, 0.1) is 0 Å². The fourth-order valence-corrected chi connectivity index (χ4v) is 2.62. The van der Waals surface area contributed by atoms with Gasteiger partial charge in [0.15, 0.2) is 0 Å². The molecular formula is C13H16N4OS. The summed E-state index contributed by atoms with van der Waals surface area (Å²) in [7, 11) is 0. The Morgan fingerprint density at radius 1 is 1.42 bits per heavy atom. The van der Waals surface area contributed by atoms with Crippen LogP contribution < -0.4 is 16.6 Å². The van der Waals surface area contributed by atoms with Crippen molar-refractivity contribution < 1.29 is 4.79 Å². The van der Waals surface area contributed by atoms with Gasteiger partial charge in [-0.25, -0.2) is 4.98 Å². The lowest BCUT2D eigenvalue weighted by Gasteiger charge is -2.05. The van der Waals surface area contributed by atoms with Crippen LogP contribution in [0.15, 0.2) is 29.8 Å². The Kier molecular flexibility index (Phi) is 4.48. The molecule has 5 nitrogen and oxygen atoms in total. The summed E-state index contributed by atoms with van der Waals surface area (Å²) >= 11 is 1.66. The first kappa shape index (κ1) is 13.5. The van der Waals surface area contributed by atoms with Gasteiger partial charge in [-0.1, -0.05) is 6.92 Å². The largest absolute Gasteiger partial charge is 0.346 e. The fraction of sp³-hybridized carbons (Fsp3) is 0.231. The van der Waals surface area contributed by atoms with Crippen molar-refractivity contribution in [1.29, 1.82) is 0 Å². The van der Waals surface area contributed by atoms with Crippen LogP contribution >= 0.6 is 11.3 Å². The number of thiophene rings is 1. The highest BCUT2D eigenvalue weighted by molar-refractivity contribution is 7.10. The van der Waals surface area contributed by atoms with Gasteiger partial charge < -0.3 is 10.7 Å². The molecule has 2 aromatic heterocycles. The van der Waals surface area contributed by atoms with Gasteiger partial charge in [-0.05, 0) is 35.6 Å². The number of nitrogens with one attached hydrogen (secondary N) is 2. The molecule has 2 aromatic rings. The van der Waals surface area contributed by atoms with E-state index >= 15 is 0 Å². The van der Waals surface area contributed by atoms with Gasteiger partial charge in [-0.2, -0.15) is 0 Å². The van der Waals surface area contributed by atoms with E-state index in [2.05, 4.69) is 28.7 Å². The molecule has 1 amide bonds. The monoisotopic (exact) mass is 276 g/mol. The predicted molar refractivity (Wildman–Crippen MR) is 76.9 cm³/mol. The van der Waals surface area contributed by atoms with E-state index in [4.69, 9.17) is 5.84 Å². The highest BCUT2D eigenvalue weighted by atomic mass is 32.1. The molecule has 4 N–H and O–H groups in total. The van der Waals surface area contributed by atoms with Gasteiger partial charge in [0, 0.05) is 4.88 Å². The Hall–Kier alpha value is -1.92. The fourth-order valence-electron chi connectivity index (χ4n) is 1.70. The molecular weight excluding hydrogens is 260 g/mol. The zero-order valence-electron chi connectivity index (χ0n) is 10.6. The Morgan fingerprint density at radius 2 is 2.26 bits per heavy atom. The van der Waals surface area contributed by atoms with E-state index in [0.717, 1.165) is 6.42 Å². The number of carbonyl (C=O) groups excluding carboxylic acids is 1. The summed E-state index contributed by atoms with van der Waals surface area (Å²) in [5.74, 6) is 5.06. The molecule has 0 saturated heterocycles. The van der Waals surface area contributed by atoms with Crippen LogP contribution in [0.1, 0.15) is 27.9 Å². The van der Waals surface area contributed by atoms with Gasteiger partial charge in [0.2, 0.25) is 0 Å². The minimum absolute atomic E-state index is 0.181. The van der Waals surface area contributed by atoms with Gasteiger partial charge in [0.1, 0.15) is 5.69 Å². The van der Waals surface area contributed by atoms with E-state index in [1.165, 1.54) is 16.6 Å². The molecule has 0 bridgehead atoms. The molecule has 0 spiro atoms. The summed E-state index contributed by atoms with van der Waals surface area (Å²) in [5.41, 5.74) is 4.80. The van der Waals surface area contributed by atoms with Crippen molar-refractivity contribution in [2.75, 3.05) is 5.43 Å². The smallest absolute Gasteiger partial charge is 0.270 e. The van der Waals surface area contributed by atoms with Crippen LogP contribution in [-0.4, -0.2) is 10.9 Å². The molecule has 0 aliphatic heterocycles. The normalized spacial score (nSPS) is 10.2. The minimum atomic E-state index is -0.181. The second-order valence-corrected chi connectivity index (χ2v) is 4.98. The maximum Gasteiger partial charge on any atom is 0.270 e. The molecule has 6 heteroatoms. The van der Waals surface area contributed by atoms with E-state index in [1.54, 1.807) is 23.5 Å². The average Bonchev–Trinajstić information content (AvgIpc) is 2.92. The van der Waals surface area contributed by atoms with Crippen molar-refractivity contribution in [2.45, 2.75) is 19.9 Å². The SMILES string of the molecule is CCc1ccsc1CNC(=O)c1ccc(NN)cn1. The summed E-state index contributed by atoms with van der Waals surface area (Å²) in [4.78, 5) is 17.2. The lowest BCUT2D eigenvalue weighted by atomic mass is 10.2. The number of nitrogens with zero attached hydrogens (tertiary/aromatic N) is 1. The molecule has 2 heterocycles. The summed E-state index contributed by atoms with van der Waals surface area (Å²) in [6.45, 7) is 2.64. The van der Waals surface area contributed by atoms with Crippen LogP contribution in [0.2, 0.25) is 0 Å². The highest BCUT2D eigenvalue weighted by Gasteiger charge is 2.08. The highest BCUT2D eigenvalue weighted by Crippen LogP contribution is 2.17. The standard InChI is InChI=1S/C13H16N4OS/c1-2-9-5-6-19-12(9)8-16-13(18)11-4-3-10(17-14)7-15-11/h3-7,17H,2,8,14H2,1H3,(H,16,18). The second-order valence-electron chi connectivity index (χ2n) is 3.98. The molecule has 0 aliphatic rings. The van der Waals surface area contributed by atoms with Crippen molar-refractivity contribution in [3.63, 3.8) is 0 Å². The Morgan fingerprint density at radius 3 is 2.89 bits per heavy atom. The number of carbonyl (C=O) groups is 1. The Bertz CT molecular complexity index is 550. The number of hydrazine groups is 1. The van der Waals surface area contributed by atoms with Gasteiger partial charge in [-0.3, -0.25) is 10.6 Å². The van der Waals surface area contributed by atoms with E-state index in [0.29, 0.717) is 17.9 Å². The second kappa shape index (κ2) is 6.31. The third-order valence-corrected chi connectivity index (χ3v) is 3.75. The number of aromatic nitrogens is 1.